The topological polar surface area (TPSA) is 82.8 Å². The predicted molar refractivity (Wildman–Crippen MR) is 84.2 cm³/mol. The van der Waals surface area contributed by atoms with Gasteiger partial charge in [-0.1, -0.05) is 0 Å². The van der Waals surface area contributed by atoms with Crippen LogP contribution in [0.4, 0.5) is 0 Å². The maximum atomic E-state index is 11.8. The van der Waals surface area contributed by atoms with Gasteiger partial charge >= 0.3 is 5.97 Å². The molecule has 0 radical (unpaired) electrons. The van der Waals surface area contributed by atoms with Crippen LogP contribution >= 0.6 is 11.8 Å². The minimum Gasteiger partial charge on any atom is -0.503 e. The zero-order valence-corrected chi connectivity index (χ0v) is 13.6. The second kappa shape index (κ2) is 7.51. The van der Waals surface area contributed by atoms with Crippen LogP contribution in [0.25, 0.3) is 0 Å². The summed E-state index contributed by atoms with van der Waals surface area (Å²) in [5.74, 6) is -0.648. The molecule has 1 aromatic heterocycles. The van der Waals surface area contributed by atoms with E-state index in [4.69, 9.17) is 0 Å². The molecule has 2 N–H and O–H groups in total. The van der Waals surface area contributed by atoms with E-state index in [2.05, 4.69) is 0 Å². The van der Waals surface area contributed by atoms with Gasteiger partial charge in [-0.2, -0.15) is 11.8 Å². The quantitative estimate of drug-likeness (QED) is 0.789. The van der Waals surface area contributed by atoms with Crippen molar-refractivity contribution >= 4 is 17.7 Å². The molecule has 6 nitrogen and oxygen atoms in total. The van der Waals surface area contributed by atoms with Crippen LogP contribution in [-0.4, -0.2) is 51.8 Å². The zero-order valence-electron chi connectivity index (χ0n) is 12.8. The standard InChI is InChI=1S/C14H22N2O4S/c1-9-7-12(17)13(18)11(8-15(2)3)16(9)10(14(19)20)5-6-21-4/h7,10,18H,5-6,8H2,1-4H3,(H,19,20). The Morgan fingerprint density at radius 3 is 2.57 bits per heavy atom. The van der Waals surface area contributed by atoms with Crippen LogP contribution in [-0.2, 0) is 11.3 Å². The Bertz CT molecular complexity index is 569. The Morgan fingerprint density at radius 2 is 2.10 bits per heavy atom. The van der Waals surface area contributed by atoms with Crippen LogP contribution in [0.3, 0.4) is 0 Å². The summed E-state index contributed by atoms with van der Waals surface area (Å²) in [4.78, 5) is 25.1. The van der Waals surface area contributed by atoms with Crippen molar-refractivity contribution in [3.8, 4) is 5.75 Å². The highest BCUT2D eigenvalue weighted by Gasteiger charge is 2.25. The van der Waals surface area contributed by atoms with E-state index >= 15 is 0 Å². The Balaban J connectivity index is 3.46. The Kier molecular flexibility index (Phi) is 6.29. The molecule has 0 aliphatic carbocycles. The van der Waals surface area contributed by atoms with Gasteiger partial charge in [0.25, 0.3) is 0 Å². The van der Waals surface area contributed by atoms with Crippen molar-refractivity contribution in [1.29, 1.82) is 0 Å². The molecule has 0 amide bonds. The van der Waals surface area contributed by atoms with Crippen molar-refractivity contribution in [2.24, 2.45) is 0 Å². The van der Waals surface area contributed by atoms with Gasteiger partial charge in [0.15, 0.2) is 5.75 Å². The first-order valence-electron chi connectivity index (χ1n) is 6.60. The number of carboxylic acid groups (broad SMARTS) is 1. The van der Waals surface area contributed by atoms with E-state index in [1.165, 1.54) is 6.07 Å². The first-order chi connectivity index (χ1) is 9.79. The number of hydrogen-bond donors (Lipinski definition) is 2. The molecule has 1 unspecified atom stereocenters. The van der Waals surface area contributed by atoms with Gasteiger partial charge in [0.05, 0.1) is 5.69 Å². The molecule has 1 aromatic rings. The molecule has 0 bridgehead atoms. The number of aromatic hydroxyl groups is 1. The minimum absolute atomic E-state index is 0.297. The second-order valence-electron chi connectivity index (χ2n) is 5.19. The number of carboxylic acids is 1. The molecule has 21 heavy (non-hydrogen) atoms. The lowest BCUT2D eigenvalue weighted by atomic mass is 10.1. The number of nitrogens with zero attached hydrogens (tertiary/aromatic N) is 2. The third kappa shape index (κ3) is 4.25. The van der Waals surface area contributed by atoms with Crippen molar-refractivity contribution in [3.63, 3.8) is 0 Å². The summed E-state index contributed by atoms with van der Waals surface area (Å²) in [6.45, 7) is 1.99. The number of rotatable bonds is 7. The summed E-state index contributed by atoms with van der Waals surface area (Å²) in [5, 5.41) is 19.5. The van der Waals surface area contributed by atoms with Crippen LogP contribution in [0.2, 0.25) is 0 Å². The van der Waals surface area contributed by atoms with Gasteiger partial charge in [0.1, 0.15) is 6.04 Å². The number of carbonyl (C=O) groups is 1. The van der Waals surface area contributed by atoms with Crippen molar-refractivity contribution < 1.29 is 15.0 Å². The van der Waals surface area contributed by atoms with Crippen molar-refractivity contribution in [2.75, 3.05) is 26.1 Å². The van der Waals surface area contributed by atoms with Crippen LogP contribution in [0.5, 0.6) is 5.75 Å². The summed E-state index contributed by atoms with van der Waals surface area (Å²) in [6, 6.07) is 0.489. The number of pyridine rings is 1. The molecule has 0 saturated heterocycles. The molecular weight excluding hydrogens is 292 g/mol. The van der Waals surface area contributed by atoms with Crippen LogP contribution in [0.1, 0.15) is 23.9 Å². The summed E-state index contributed by atoms with van der Waals surface area (Å²) in [6.07, 6.45) is 2.34. The van der Waals surface area contributed by atoms with Crippen LogP contribution in [0, 0.1) is 6.92 Å². The van der Waals surface area contributed by atoms with E-state index in [1.807, 2.05) is 6.26 Å². The van der Waals surface area contributed by atoms with Crippen molar-refractivity contribution in [3.05, 3.63) is 27.7 Å². The van der Waals surface area contributed by atoms with E-state index in [9.17, 15) is 19.8 Å². The molecule has 0 aliphatic rings. The molecular formula is C14H22N2O4S. The molecule has 7 heteroatoms. The molecule has 0 fully saturated rings. The van der Waals surface area contributed by atoms with Gasteiger partial charge in [-0.25, -0.2) is 4.79 Å². The SMILES string of the molecule is CSCCC(C(=O)O)n1c(C)cc(=O)c(O)c1CN(C)C. The number of hydrogen-bond acceptors (Lipinski definition) is 5. The average molecular weight is 314 g/mol. The maximum absolute atomic E-state index is 11.8. The van der Waals surface area contributed by atoms with E-state index in [-0.39, 0.29) is 5.75 Å². The van der Waals surface area contributed by atoms with Gasteiger partial charge in [0.2, 0.25) is 5.43 Å². The molecule has 1 heterocycles. The van der Waals surface area contributed by atoms with Crippen LogP contribution < -0.4 is 5.43 Å². The van der Waals surface area contributed by atoms with Crippen molar-refractivity contribution in [1.82, 2.24) is 9.47 Å². The van der Waals surface area contributed by atoms with E-state index in [1.54, 1.807) is 42.2 Å². The zero-order chi connectivity index (χ0) is 16.2. The van der Waals surface area contributed by atoms with Gasteiger partial charge in [0, 0.05) is 18.3 Å². The highest BCUT2D eigenvalue weighted by Crippen LogP contribution is 2.24. The molecule has 0 saturated carbocycles. The highest BCUT2D eigenvalue weighted by atomic mass is 32.2. The molecule has 0 spiro atoms. The fourth-order valence-electron chi connectivity index (χ4n) is 2.27. The highest BCUT2D eigenvalue weighted by molar-refractivity contribution is 7.98. The number of aromatic nitrogens is 1. The fraction of sp³-hybridized carbons (Fsp3) is 0.571. The molecule has 118 valence electrons. The van der Waals surface area contributed by atoms with E-state index < -0.39 is 17.4 Å². The number of thioether (sulfide) groups is 1. The first kappa shape index (κ1) is 17.6. The predicted octanol–water partition coefficient (Wildman–Crippen LogP) is 1.30. The minimum atomic E-state index is -0.963. The maximum Gasteiger partial charge on any atom is 0.326 e. The summed E-state index contributed by atoms with van der Waals surface area (Å²) in [5.41, 5.74) is 0.413. The van der Waals surface area contributed by atoms with E-state index in [0.717, 1.165) is 0 Å². The van der Waals surface area contributed by atoms with Crippen LogP contribution in [0.15, 0.2) is 10.9 Å². The normalized spacial score (nSPS) is 12.6. The number of aryl methyl sites for hydroxylation is 1. The lowest BCUT2D eigenvalue weighted by molar-refractivity contribution is -0.141. The Hall–Kier alpha value is -1.47. The lowest BCUT2D eigenvalue weighted by Gasteiger charge is -2.25. The van der Waals surface area contributed by atoms with Crippen molar-refractivity contribution in [2.45, 2.75) is 25.9 Å². The monoisotopic (exact) mass is 314 g/mol. The molecule has 0 aliphatic heterocycles. The van der Waals surface area contributed by atoms with E-state index in [0.29, 0.717) is 30.1 Å². The first-order valence-corrected chi connectivity index (χ1v) is 7.99. The third-order valence-electron chi connectivity index (χ3n) is 3.18. The summed E-state index contributed by atoms with van der Waals surface area (Å²) in [7, 11) is 3.60. The Labute approximate surface area is 128 Å². The molecule has 1 atom stereocenters. The second-order valence-corrected chi connectivity index (χ2v) is 6.17. The summed E-state index contributed by atoms with van der Waals surface area (Å²) >= 11 is 1.56. The molecule has 1 rings (SSSR count). The number of aliphatic carboxylic acids is 1. The lowest BCUT2D eigenvalue weighted by Crippen LogP contribution is -2.29. The fourth-order valence-corrected chi connectivity index (χ4v) is 2.73. The molecule has 0 aromatic carbocycles. The summed E-state index contributed by atoms with van der Waals surface area (Å²) < 4.78 is 1.56. The smallest absolute Gasteiger partial charge is 0.326 e. The van der Waals surface area contributed by atoms with Gasteiger partial charge in [-0.15, -0.1) is 0 Å². The van der Waals surface area contributed by atoms with Gasteiger partial charge in [-0.3, -0.25) is 4.79 Å². The third-order valence-corrected chi connectivity index (χ3v) is 3.82. The van der Waals surface area contributed by atoms with Gasteiger partial charge in [-0.05, 0) is 39.4 Å². The Morgan fingerprint density at radius 1 is 1.48 bits per heavy atom. The largest absolute Gasteiger partial charge is 0.503 e. The average Bonchev–Trinajstić information content (AvgIpc) is 2.38. The van der Waals surface area contributed by atoms with Gasteiger partial charge < -0.3 is 19.7 Å².